The quantitative estimate of drug-likeness (QED) is 0.869. The zero-order valence-electron chi connectivity index (χ0n) is 11.3. The molecule has 6 nitrogen and oxygen atoms in total. The maximum Gasteiger partial charge on any atom is 0.259 e. The summed E-state index contributed by atoms with van der Waals surface area (Å²) in [6.07, 6.45) is 6.81. The largest absolute Gasteiger partial charge is 0.395 e. The van der Waals surface area contributed by atoms with Crippen LogP contribution in [-0.4, -0.2) is 50.2 Å². The molecule has 2 aromatic heterocycles. The van der Waals surface area contributed by atoms with Crippen molar-refractivity contribution in [3.63, 3.8) is 0 Å². The lowest BCUT2D eigenvalue weighted by Crippen LogP contribution is -2.34. The van der Waals surface area contributed by atoms with Crippen LogP contribution in [0.5, 0.6) is 0 Å². The van der Waals surface area contributed by atoms with E-state index in [1.807, 2.05) is 0 Å². The topological polar surface area (TPSA) is 70.7 Å². The van der Waals surface area contributed by atoms with Gasteiger partial charge in [0.2, 0.25) is 0 Å². The number of hydrogen-bond acceptors (Lipinski definition) is 4. The fraction of sp³-hybridized carbons (Fsp3) is 0.462. The molecule has 2 aromatic rings. The first-order valence-electron chi connectivity index (χ1n) is 6.56. The van der Waals surface area contributed by atoms with Crippen molar-refractivity contribution in [1.29, 1.82) is 0 Å². The Hall–Kier alpha value is -1.47. The first-order chi connectivity index (χ1) is 9.67. The minimum atomic E-state index is -0.141. The van der Waals surface area contributed by atoms with Gasteiger partial charge in [0.25, 0.3) is 5.91 Å². The molecule has 1 N–H and O–H groups in total. The van der Waals surface area contributed by atoms with E-state index in [1.165, 1.54) is 6.20 Å². The first kappa shape index (κ1) is 14.9. The zero-order chi connectivity index (χ0) is 14.5. The summed E-state index contributed by atoms with van der Waals surface area (Å²) in [6, 6.07) is 0. The molecule has 0 radical (unpaired) electrons. The van der Waals surface area contributed by atoms with Gasteiger partial charge in [0, 0.05) is 25.5 Å². The summed E-state index contributed by atoms with van der Waals surface area (Å²) in [6.45, 7) is 2.97. The Morgan fingerprint density at radius 3 is 2.95 bits per heavy atom. The summed E-state index contributed by atoms with van der Waals surface area (Å²) in [7, 11) is 0. The lowest BCUT2D eigenvalue weighted by Gasteiger charge is -2.20. The highest BCUT2D eigenvalue weighted by atomic mass is 79.9. The van der Waals surface area contributed by atoms with Crippen molar-refractivity contribution in [2.45, 2.75) is 19.8 Å². The summed E-state index contributed by atoms with van der Waals surface area (Å²) in [5, 5.41) is 13.2. The van der Waals surface area contributed by atoms with E-state index in [4.69, 9.17) is 5.11 Å². The van der Waals surface area contributed by atoms with Crippen LogP contribution in [0.1, 0.15) is 30.1 Å². The second-order valence-electron chi connectivity index (χ2n) is 4.47. The molecule has 0 atom stereocenters. The lowest BCUT2D eigenvalue weighted by atomic mass is 10.2. The highest BCUT2D eigenvalue weighted by molar-refractivity contribution is 9.10. The summed E-state index contributed by atoms with van der Waals surface area (Å²) in [5.74, 6) is -0.141. The van der Waals surface area contributed by atoms with Crippen molar-refractivity contribution in [2.24, 2.45) is 0 Å². The molecule has 2 heterocycles. The van der Waals surface area contributed by atoms with E-state index >= 15 is 0 Å². The maximum absolute atomic E-state index is 12.5. The van der Waals surface area contributed by atoms with Gasteiger partial charge in [-0.15, -0.1) is 0 Å². The SMILES string of the molecule is CCCCN(CCO)C(=O)c1cnn2cc(Br)cnc12. The van der Waals surface area contributed by atoms with E-state index in [-0.39, 0.29) is 12.5 Å². The number of amides is 1. The van der Waals surface area contributed by atoms with Gasteiger partial charge in [-0.05, 0) is 22.4 Å². The van der Waals surface area contributed by atoms with E-state index in [9.17, 15) is 4.79 Å². The van der Waals surface area contributed by atoms with Crippen LogP contribution in [0.3, 0.4) is 0 Å². The standard InChI is InChI=1S/C13H17BrN4O2/c1-2-3-4-17(5-6-19)13(20)11-8-16-18-9-10(14)7-15-12(11)18/h7-9,19H,2-6H2,1H3. The summed E-state index contributed by atoms with van der Waals surface area (Å²) in [5.41, 5.74) is 0.986. The Labute approximate surface area is 125 Å². The second kappa shape index (κ2) is 6.81. The Morgan fingerprint density at radius 1 is 1.45 bits per heavy atom. The van der Waals surface area contributed by atoms with Crippen molar-refractivity contribution in [3.05, 3.63) is 28.6 Å². The van der Waals surface area contributed by atoms with Crippen LogP contribution in [0, 0.1) is 0 Å². The Kier molecular flexibility index (Phi) is 5.08. The molecule has 0 unspecified atom stereocenters. The second-order valence-corrected chi connectivity index (χ2v) is 5.38. The van der Waals surface area contributed by atoms with Crippen molar-refractivity contribution in [1.82, 2.24) is 19.5 Å². The Morgan fingerprint density at radius 2 is 2.25 bits per heavy atom. The number of carbonyl (C=O) groups is 1. The van der Waals surface area contributed by atoms with Gasteiger partial charge in [-0.3, -0.25) is 4.79 Å². The molecular formula is C13H17BrN4O2. The van der Waals surface area contributed by atoms with E-state index in [0.717, 1.165) is 17.3 Å². The highest BCUT2D eigenvalue weighted by Gasteiger charge is 2.20. The number of unbranched alkanes of at least 4 members (excludes halogenated alkanes) is 1. The number of rotatable bonds is 6. The minimum Gasteiger partial charge on any atom is -0.395 e. The van der Waals surface area contributed by atoms with Gasteiger partial charge in [0.05, 0.1) is 17.3 Å². The van der Waals surface area contributed by atoms with Crippen molar-refractivity contribution >= 4 is 27.5 Å². The summed E-state index contributed by atoms with van der Waals surface area (Å²) >= 11 is 3.31. The Bertz CT molecular complexity index is 599. The molecule has 2 rings (SSSR count). The van der Waals surface area contributed by atoms with E-state index < -0.39 is 0 Å². The number of aliphatic hydroxyl groups is 1. The minimum absolute atomic E-state index is 0.0480. The van der Waals surface area contributed by atoms with Crippen LogP contribution < -0.4 is 0 Å². The van der Waals surface area contributed by atoms with Gasteiger partial charge in [0.1, 0.15) is 5.56 Å². The fourth-order valence-corrected chi connectivity index (χ4v) is 2.25. The van der Waals surface area contributed by atoms with E-state index in [0.29, 0.717) is 24.3 Å². The number of aromatic nitrogens is 3. The molecule has 0 bridgehead atoms. The van der Waals surface area contributed by atoms with E-state index in [2.05, 4.69) is 32.9 Å². The highest BCUT2D eigenvalue weighted by Crippen LogP contribution is 2.14. The summed E-state index contributed by atoms with van der Waals surface area (Å²) < 4.78 is 2.36. The molecule has 7 heteroatoms. The average Bonchev–Trinajstić information content (AvgIpc) is 2.85. The molecule has 0 spiro atoms. The van der Waals surface area contributed by atoms with Gasteiger partial charge in [-0.25, -0.2) is 9.50 Å². The molecule has 0 saturated carbocycles. The number of aliphatic hydroxyl groups excluding tert-OH is 1. The molecule has 0 fully saturated rings. The molecule has 1 amide bonds. The third-order valence-corrected chi connectivity index (χ3v) is 3.40. The number of hydrogen-bond donors (Lipinski definition) is 1. The first-order valence-corrected chi connectivity index (χ1v) is 7.35. The van der Waals surface area contributed by atoms with Crippen LogP contribution in [0.25, 0.3) is 5.65 Å². The molecule has 0 saturated heterocycles. The van der Waals surface area contributed by atoms with Crippen LogP contribution >= 0.6 is 15.9 Å². The lowest BCUT2D eigenvalue weighted by molar-refractivity contribution is 0.0721. The van der Waals surface area contributed by atoms with Gasteiger partial charge >= 0.3 is 0 Å². The molecule has 0 aliphatic carbocycles. The van der Waals surface area contributed by atoms with Gasteiger partial charge in [0.15, 0.2) is 5.65 Å². The third kappa shape index (κ3) is 3.16. The number of halogens is 1. The summed E-state index contributed by atoms with van der Waals surface area (Å²) in [4.78, 5) is 18.4. The molecule has 108 valence electrons. The van der Waals surface area contributed by atoms with Gasteiger partial charge in [-0.1, -0.05) is 13.3 Å². The Balaban J connectivity index is 2.28. The van der Waals surface area contributed by atoms with Gasteiger partial charge in [-0.2, -0.15) is 5.10 Å². The predicted octanol–water partition coefficient (Wildman–Crippen LogP) is 1.73. The monoisotopic (exact) mass is 340 g/mol. The molecular weight excluding hydrogens is 324 g/mol. The van der Waals surface area contributed by atoms with E-state index in [1.54, 1.807) is 21.8 Å². The van der Waals surface area contributed by atoms with Crippen molar-refractivity contribution in [2.75, 3.05) is 19.7 Å². The maximum atomic E-state index is 12.5. The number of fused-ring (bicyclic) bond motifs is 1. The number of nitrogens with zero attached hydrogens (tertiary/aromatic N) is 4. The normalized spacial score (nSPS) is 10.9. The smallest absolute Gasteiger partial charge is 0.259 e. The fourth-order valence-electron chi connectivity index (χ4n) is 1.96. The van der Waals surface area contributed by atoms with Crippen LogP contribution in [0.2, 0.25) is 0 Å². The number of carbonyl (C=O) groups excluding carboxylic acids is 1. The van der Waals surface area contributed by atoms with Crippen LogP contribution in [0.4, 0.5) is 0 Å². The molecule has 0 aliphatic rings. The molecule has 0 aliphatic heterocycles. The average molecular weight is 341 g/mol. The third-order valence-electron chi connectivity index (χ3n) is 2.99. The van der Waals surface area contributed by atoms with Crippen molar-refractivity contribution < 1.29 is 9.90 Å². The van der Waals surface area contributed by atoms with Crippen molar-refractivity contribution in [3.8, 4) is 0 Å². The molecule has 0 aromatic carbocycles. The zero-order valence-corrected chi connectivity index (χ0v) is 12.9. The van der Waals surface area contributed by atoms with Gasteiger partial charge < -0.3 is 10.0 Å². The predicted molar refractivity (Wildman–Crippen MR) is 78.6 cm³/mol. The van der Waals surface area contributed by atoms with Crippen LogP contribution in [-0.2, 0) is 0 Å². The van der Waals surface area contributed by atoms with Crippen LogP contribution in [0.15, 0.2) is 23.1 Å². The molecule has 20 heavy (non-hydrogen) atoms.